The lowest BCUT2D eigenvalue weighted by atomic mass is 9.95. The van der Waals surface area contributed by atoms with Gasteiger partial charge < -0.3 is 9.84 Å². The number of ketones is 1. The molecule has 4 rings (SSSR count). The minimum absolute atomic E-state index is 0.106. The van der Waals surface area contributed by atoms with E-state index in [4.69, 9.17) is 4.74 Å². The molecule has 1 unspecified atom stereocenters. The molecule has 2 heterocycles. The molecule has 1 amide bonds. The second kappa shape index (κ2) is 9.50. The zero-order chi connectivity index (χ0) is 23.5. The van der Waals surface area contributed by atoms with Gasteiger partial charge >= 0.3 is 5.91 Å². The van der Waals surface area contributed by atoms with Crippen LogP contribution in [0, 0.1) is 12.7 Å². The number of aryl methyl sites for hydroxylation is 1. The first-order valence-corrected chi connectivity index (χ1v) is 11.3. The van der Waals surface area contributed by atoms with Gasteiger partial charge in [0, 0.05) is 5.56 Å². The lowest BCUT2D eigenvalue weighted by Gasteiger charge is -2.23. The molecule has 2 aromatic carbocycles. The zero-order valence-corrected chi connectivity index (χ0v) is 18.9. The van der Waals surface area contributed by atoms with Crippen LogP contribution in [0.3, 0.4) is 0 Å². The molecule has 1 aromatic heterocycles. The molecule has 7 nitrogen and oxygen atoms in total. The van der Waals surface area contributed by atoms with E-state index in [1.165, 1.54) is 40.5 Å². The standard InChI is InChI=1S/C24H22FN3O4S/c1-3-4-12-32-18-7-5-6-16(13-18)20-19(21(29)15-8-10-17(25)11-9-15)22(30)23(31)28(20)24-27-26-14(2)33-24/h5-11,13,20,29H,3-4,12H2,1-2H3/b21-19-. The molecule has 1 aliphatic heterocycles. The highest BCUT2D eigenvalue weighted by atomic mass is 32.1. The van der Waals surface area contributed by atoms with E-state index >= 15 is 0 Å². The number of carbonyl (C=O) groups excluding carboxylic acids is 2. The summed E-state index contributed by atoms with van der Waals surface area (Å²) in [5, 5.41) is 19.9. The van der Waals surface area contributed by atoms with Gasteiger partial charge in [0.05, 0.1) is 18.2 Å². The number of rotatable bonds is 7. The number of unbranched alkanes of at least 4 members (excludes halogenated alkanes) is 1. The fourth-order valence-corrected chi connectivity index (χ4v) is 4.31. The lowest BCUT2D eigenvalue weighted by molar-refractivity contribution is -0.132. The maximum atomic E-state index is 13.4. The Kier molecular flexibility index (Phi) is 6.50. The summed E-state index contributed by atoms with van der Waals surface area (Å²) < 4.78 is 19.2. The molecule has 33 heavy (non-hydrogen) atoms. The van der Waals surface area contributed by atoms with E-state index in [0.717, 1.165) is 12.8 Å². The molecule has 0 bridgehead atoms. The van der Waals surface area contributed by atoms with Gasteiger partial charge in [-0.15, -0.1) is 10.2 Å². The second-order valence-corrected chi connectivity index (χ2v) is 8.71. The topological polar surface area (TPSA) is 92.6 Å². The number of halogens is 1. The molecule has 3 aromatic rings. The van der Waals surface area contributed by atoms with E-state index in [1.807, 2.05) is 0 Å². The third kappa shape index (κ3) is 4.49. The van der Waals surface area contributed by atoms with Crippen molar-refractivity contribution in [2.24, 2.45) is 0 Å². The van der Waals surface area contributed by atoms with Crippen LogP contribution in [0.2, 0.25) is 0 Å². The first-order valence-electron chi connectivity index (χ1n) is 10.5. The van der Waals surface area contributed by atoms with Gasteiger partial charge in [-0.2, -0.15) is 0 Å². The van der Waals surface area contributed by atoms with Gasteiger partial charge in [0.1, 0.15) is 22.3 Å². The van der Waals surface area contributed by atoms with Gasteiger partial charge in [0.15, 0.2) is 0 Å². The molecule has 1 aliphatic rings. The van der Waals surface area contributed by atoms with Crippen molar-refractivity contribution in [3.8, 4) is 5.75 Å². The van der Waals surface area contributed by atoms with Gasteiger partial charge in [-0.05, 0) is 55.3 Å². The zero-order valence-electron chi connectivity index (χ0n) is 18.1. The van der Waals surface area contributed by atoms with Crippen LogP contribution >= 0.6 is 11.3 Å². The predicted molar refractivity (Wildman–Crippen MR) is 123 cm³/mol. The lowest BCUT2D eigenvalue weighted by Crippen LogP contribution is -2.29. The summed E-state index contributed by atoms with van der Waals surface area (Å²) in [7, 11) is 0. The summed E-state index contributed by atoms with van der Waals surface area (Å²) >= 11 is 1.17. The Labute approximate surface area is 194 Å². The van der Waals surface area contributed by atoms with Crippen LogP contribution in [-0.2, 0) is 9.59 Å². The SMILES string of the molecule is CCCCOc1cccc(C2/C(=C(/O)c3ccc(F)cc3)C(=O)C(=O)N2c2nnc(C)s2)c1. The van der Waals surface area contributed by atoms with Gasteiger partial charge in [-0.25, -0.2) is 4.39 Å². The van der Waals surface area contributed by atoms with Crippen molar-refractivity contribution in [1.29, 1.82) is 0 Å². The van der Waals surface area contributed by atoms with Gasteiger partial charge in [-0.3, -0.25) is 14.5 Å². The average molecular weight is 468 g/mol. The highest BCUT2D eigenvalue weighted by Crippen LogP contribution is 2.43. The minimum Gasteiger partial charge on any atom is -0.507 e. The van der Waals surface area contributed by atoms with Crippen LogP contribution < -0.4 is 9.64 Å². The molecule has 9 heteroatoms. The van der Waals surface area contributed by atoms with E-state index in [9.17, 15) is 19.1 Å². The quantitative estimate of drug-likeness (QED) is 0.232. The Morgan fingerprint density at radius 1 is 1.18 bits per heavy atom. The second-order valence-electron chi connectivity index (χ2n) is 7.55. The van der Waals surface area contributed by atoms with Gasteiger partial charge in [-0.1, -0.05) is 36.8 Å². The van der Waals surface area contributed by atoms with Crippen molar-refractivity contribution in [1.82, 2.24) is 10.2 Å². The smallest absolute Gasteiger partial charge is 0.301 e. The van der Waals surface area contributed by atoms with E-state index in [1.54, 1.807) is 31.2 Å². The monoisotopic (exact) mass is 467 g/mol. The molecule has 0 aliphatic carbocycles. The molecule has 1 saturated heterocycles. The summed E-state index contributed by atoms with van der Waals surface area (Å²) in [5.74, 6) is -1.96. The summed E-state index contributed by atoms with van der Waals surface area (Å²) in [6.45, 7) is 4.34. The van der Waals surface area contributed by atoms with Crippen molar-refractivity contribution < 1.29 is 23.8 Å². The van der Waals surface area contributed by atoms with Crippen LogP contribution in [0.5, 0.6) is 5.75 Å². The summed E-state index contributed by atoms with van der Waals surface area (Å²) in [4.78, 5) is 27.4. The molecular weight excluding hydrogens is 445 g/mol. The van der Waals surface area contributed by atoms with E-state index in [0.29, 0.717) is 22.9 Å². The third-order valence-electron chi connectivity index (χ3n) is 5.22. The largest absolute Gasteiger partial charge is 0.507 e. The number of ether oxygens (including phenoxy) is 1. The number of aliphatic hydroxyl groups excluding tert-OH is 1. The van der Waals surface area contributed by atoms with Crippen molar-refractivity contribution in [3.05, 3.63) is 76.1 Å². The van der Waals surface area contributed by atoms with Crippen molar-refractivity contribution in [2.45, 2.75) is 32.7 Å². The highest BCUT2D eigenvalue weighted by Gasteiger charge is 2.48. The number of aromatic nitrogens is 2. The first kappa shape index (κ1) is 22.6. The number of nitrogens with zero attached hydrogens (tertiary/aromatic N) is 3. The van der Waals surface area contributed by atoms with Crippen LogP contribution in [-0.4, -0.2) is 33.6 Å². The Hall–Kier alpha value is -3.59. The minimum atomic E-state index is -0.947. The fraction of sp³-hybridized carbons (Fsp3) is 0.250. The number of anilines is 1. The van der Waals surface area contributed by atoms with Crippen LogP contribution in [0.1, 0.15) is 41.9 Å². The van der Waals surface area contributed by atoms with Gasteiger partial charge in [0.25, 0.3) is 5.78 Å². The molecular formula is C24H22FN3O4S. The fourth-order valence-electron chi connectivity index (χ4n) is 3.60. The van der Waals surface area contributed by atoms with E-state index in [-0.39, 0.29) is 22.0 Å². The third-order valence-corrected chi connectivity index (χ3v) is 6.06. The van der Waals surface area contributed by atoms with Crippen molar-refractivity contribution >= 4 is 33.9 Å². The molecule has 0 radical (unpaired) electrons. The maximum Gasteiger partial charge on any atom is 0.301 e. The number of amides is 1. The number of carbonyl (C=O) groups is 2. The van der Waals surface area contributed by atoms with Crippen LogP contribution in [0.15, 0.2) is 54.1 Å². The van der Waals surface area contributed by atoms with Crippen molar-refractivity contribution in [2.75, 3.05) is 11.5 Å². The summed E-state index contributed by atoms with van der Waals surface area (Å²) in [6.07, 6.45) is 1.87. The maximum absolute atomic E-state index is 13.4. The number of Topliss-reactive ketones (excluding diaryl/α,β-unsaturated/α-hetero) is 1. The molecule has 1 atom stereocenters. The average Bonchev–Trinajstić information content (AvgIpc) is 3.35. The van der Waals surface area contributed by atoms with E-state index < -0.39 is 23.5 Å². The number of hydrogen-bond acceptors (Lipinski definition) is 7. The molecule has 170 valence electrons. The normalized spacial score (nSPS) is 17.5. The molecule has 0 spiro atoms. The Morgan fingerprint density at radius 2 is 1.94 bits per heavy atom. The Balaban J connectivity index is 1.86. The van der Waals surface area contributed by atoms with Gasteiger partial charge in [0.2, 0.25) is 5.13 Å². The first-order chi connectivity index (χ1) is 15.9. The summed E-state index contributed by atoms with van der Waals surface area (Å²) in [6, 6.07) is 11.2. The Bertz CT molecular complexity index is 1220. The Morgan fingerprint density at radius 3 is 2.61 bits per heavy atom. The van der Waals surface area contributed by atoms with E-state index in [2.05, 4.69) is 17.1 Å². The number of aliphatic hydroxyl groups is 1. The number of benzene rings is 2. The van der Waals surface area contributed by atoms with Crippen LogP contribution in [0.25, 0.3) is 5.76 Å². The molecule has 0 saturated carbocycles. The van der Waals surface area contributed by atoms with Crippen LogP contribution in [0.4, 0.5) is 9.52 Å². The predicted octanol–water partition coefficient (Wildman–Crippen LogP) is 4.79. The van der Waals surface area contributed by atoms with Crippen molar-refractivity contribution in [3.63, 3.8) is 0 Å². The highest BCUT2D eigenvalue weighted by molar-refractivity contribution is 7.15. The number of hydrogen-bond donors (Lipinski definition) is 1. The summed E-state index contributed by atoms with van der Waals surface area (Å²) in [5.41, 5.74) is 0.688. The molecule has 1 N–H and O–H groups in total. The molecule has 1 fully saturated rings.